The van der Waals surface area contributed by atoms with E-state index in [1.54, 1.807) is 49.8 Å². The van der Waals surface area contributed by atoms with E-state index in [0.29, 0.717) is 24.6 Å². The van der Waals surface area contributed by atoms with Crippen LogP contribution >= 0.6 is 0 Å². The summed E-state index contributed by atoms with van der Waals surface area (Å²) in [6, 6.07) is 8.49. The van der Waals surface area contributed by atoms with Gasteiger partial charge in [-0.3, -0.25) is 4.98 Å². The van der Waals surface area contributed by atoms with Crippen molar-refractivity contribution in [1.82, 2.24) is 9.29 Å². The third kappa shape index (κ3) is 3.93. The minimum atomic E-state index is -3.55. The molecule has 1 aliphatic heterocycles. The van der Waals surface area contributed by atoms with Gasteiger partial charge in [0.15, 0.2) is 0 Å². The second-order valence-electron chi connectivity index (χ2n) is 6.06. The summed E-state index contributed by atoms with van der Waals surface area (Å²) in [4.78, 5) is 4.25. The van der Waals surface area contributed by atoms with Crippen LogP contribution in [0.3, 0.4) is 0 Å². The monoisotopic (exact) mass is 362 g/mol. The minimum absolute atomic E-state index is 0.162. The van der Waals surface area contributed by atoms with E-state index >= 15 is 0 Å². The van der Waals surface area contributed by atoms with Crippen LogP contribution in [-0.2, 0) is 10.0 Å². The Morgan fingerprint density at radius 1 is 1.20 bits per heavy atom. The van der Waals surface area contributed by atoms with Gasteiger partial charge < -0.3 is 9.47 Å². The lowest BCUT2D eigenvalue weighted by Gasteiger charge is -2.32. The Morgan fingerprint density at radius 2 is 1.96 bits per heavy atom. The van der Waals surface area contributed by atoms with E-state index in [4.69, 9.17) is 9.47 Å². The maximum Gasteiger partial charge on any atom is 0.243 e. The van der Waals surface area contributed by atoms with Crippen molar-refractivity contribution in [2.75, 3.05) is 20.2 Å². The zero-order valence-electron chi connectivity index (χ0n) is 14.4. The number of hydrogen-bond acceptors (Lipinski definition) is 5. The largest absolute Gasteiger partial charge is 0.496 e. The van der Waals surface area contributed by atoms with Crippen molar-refractivity contribution >= 4 is 10.0 Å². The topological polar surface area (TPSA) is 68.7 Å². The molecule has 1 aliphatic rings. The van der Waals surface area contributed by atoms with Crippen molar-refractivity contribution in [3.63, 3.8) is 0 Å². The van der Waals surface area contributed by atoms with Crippen LogP contribution in [0.25, 0.3) is 0 Å². The van der Waals surface area contributed by atoms with Crippen LogP contribution in [-0.4, -0.2) is 44.0 Å². The fourth-order valence-corrected chi connectivity index (χ4v) is 4.59. The van der Waals surface area contributed by atoms with Gasteiger partial charge in [0.25, 0.3) is 0 Å². The van der Waals surface area contributed by atoms with E-state index in [1.165, 1.54) is 4.31 Å². The summed E-state index contributed by atoms with van der Waals surface area (Å²) in [7, 11) is -1.98. The number of methoxy groups -OCH3 is 1. The molecule has 25 heavy (non-hydrogen) atoms. The van der Waals surface area contributed by atoms with Gasteiger partial charge in [0.05, 0.1) is 18.6 Å². The van der Waals surface area contributed by atoms with Crippen molar-refractivity contribution in [2.45, 2.75) is 30.8 Å². The molecule has 1 atom stereocenters. The number of piperidine rings is 1. The molecule has 0 spiro atoms. The summed E-state index contributed by atoms with van der Waals surface area (Å²) in [6.45, 7) is 2.68. The number of pyridine rings is 1. The van der Waals surface area contributed by atoms with E-state index in [2.05, 4.69) is 4.98 Å². The first-order valence-corrected chi connectivity index (χ1v) is 9.66. The maximum absolute atomic E-state index is 13.0. The van der Waals surface area contributed by atoms with Gasteiger partial charge in [-0.25, -0.2) is 8.42 Å². The van der Waals surface area contributed by atoms with E-state index in [1.807, 2.05) is 6.92 Å². The Hall–Kier alpha value is -2.12. The van der Waals surface area contributed by atoms with E-state index in [9.17, 15) is 8.42 Å². The van der Waals surface area contributed by atoms with Gasteiger partial charge in [-0.15, -0.1) is 0 Å². The van der Waals surface area contributed by atoms with Gasteiger partial charge >= 0.3 is 0 Å². The number of hydrogen-bond donors (Lipinski definition) is 0. The number of nitrogens with zero attached hydrogens (tertiary/aromatic N) is 2. The molecule has 1 aromatic heterocycles. The highest BCUT2D eigenvalue weighted by Crippen LogP contribution is 2.26. The molecule has 2 aromatic rings. The van der Waals surface area contributed by atoms with Gasteiger partial charge in [-0.1, -0.05) is 0 Å². The third-order valence-corrected chi connectivity index (χ3v) is 6.16. The normalized spacial score (nSPS) is 18.7. The maximum atomic E-state index is 13.0. The van der Waals surface area contributed by atoms with Crippen LogP contribution in [0.1, 0.15) is 18.4 Å². The summed E-state index contributed by atoms with van der Waals surface area (Å²) < 4.78 is 38.5. The molecule has 6 nitrogen and oxygen atoms in total. The molecule has 2 heterocycles. The fourth-order valence-electron chi connectivity index (χ4n) is 2.99. The molecular weight excluding hydrogens is 340 g/mol. The molecule has 0 unspecified atom stereocenters. The van der Waals surface area contributed by atoms with E-state index in [-0.39, 0.29) is 11.0 Å². The van der Waals surface area contributed by atoms with Crippen LogP contribution < -0.4 is 9.47 Å². The summed E-state index contributed by atoms with van der Waals surface area (Å²) in [5.41, 5.74) is 0.796. The Morgan fingerprint density at radius 3 is 2.64 bits per heavy atom. The number of benzene rings is 1. The van der Waals surface area contributed by atoms with Crippen molar-refractivity contribution < 1.29 is 17.9 Å². The Labute approximate surface area is 148 Å². The van der Waals surface area contributed by atoms with Gasteiger partial charge in [0, 0.05) is 18.9 Å². The van der Waals surface area contributed by atoms with Gasteiger partial charge in [0.2, 0.25) is 10.0 Å². The van der Waals surface area contributed by atoms with E-state index < -0.39 is 10.0 Å². The Bertz CT molecular complexity index is 824. The van der Waals surface area contributed by atoms with Gasteiger partial charge in [0.1, 0.15) is 17.6 Å². The molecule has 1 saturated heterocycles. The average Bonchev–Trinajstić information content (AvgIpc) is 2.62. The summed E-state index contributed by atoms with van der Waals surface area (Å²) in [6.07, 6.45) is 4.75. The van der Waals surface area contributed by atoms with Crippen LogP contribution in [0.2, 0.25) is 0 Å². The zero-order valence-corrected chi connectivity index (χ0v) is 15.2. The van der Waals surface area contributed by atoms with Crippen molar-refractivity contribution in [1.29, 1.82) is 0 Å². The number of sulfonamides is 1. The molecule has 1 aromatic carbocycles. The second kappa shape index (κ2) is 7.41. The minimum Gasteiger partial charge on any atom is -0.496 e. The van der Waals surface area contributed by atoms with Gasteiger partial charge in [-0.2, -0.15) is 4.31 Å². The summed E-state index contributed by atoms with van der Waals surface area (Å²) >= 11 is 0. The summed E-state index contributed by atoms with van der Waals surface area (Å²) in [5.74, 6) is 1.39. The first kappa shape index (κ1) is 17.7. The van der Waals surface area contributed by atoms with Crippen molar-refractivity contribution in [3.05, 3.63) is 48.3 Å². The summed E-state index contributed by atoms with van der Waals surface area (Å²) in [5, 5.41) is 0. The zero-order chi connectivity index (χ0) is 17.9. The molecule has 7 heteroatoms. The lowest BCUT2D eigenvalue weighted by atomic mass is 10.1. The smallest absolute Gasteiger partial charge is 0.243 e. The first-order valence-electron chi connectivity index (χ1n) is 8.22. The molecule has 0 bridgehead atoms. The Balaban J connectivity index is 1.76. The van der Waals surface area contributed by atoms with Crippen molar-refractivity contribution in [2.24, 2.45) is 0 Å². The molecule has 0 N–H and O–H groups in total. The second-order valence-corrected chi connectivity index (χ2v) is 8.00. The molecule has 0 aliphatic carbocycles. The molecular formula is C18H22N2O4S. The van der Waals surface area contributed by atoms with Gasteiger partial charge in [-0.05, 0) is 55.7 Å². The molecule has 0 saturated carbocycles. The predicted molar refractivity (Wildman–Crippen MR) is 94.4 cm³/mol. The third-order valence-electron chi connectivity index (χ3n) is 4.30. The number of aryl methyl sites for hydroxylation is 1. The molecule has 1 fully saturated rings. The lowest BCUT2D eigenvalue weighted by Crippen LogP contribution is -2.44. The van der Waals surface area contributed by atoms with E-state index in [0.717, 1.165) is 18.4 Å². The number of aromatic nitrogens is 1. The average molecular weight is 362 g/mol. The molecule has 0 radical (unpaired) electrons. The highest BCUT2D eigenvalue weighted by molar-refractivity contribution is 7.89. The van der Waals surface area contributed by atoms with Crippen LogP contribution in [0.4, 0.5) is 0 Å². The quantitative estimate of drug-likeness (QED) is 0.818. The number of ether oxygens (including phenoxy) is 2. The highest BCUT2D eigenvalue weighted by atomic mass is 32.2. The standard InChI is InChI=1S/C18H22N2O4S/c1-14-12-17(5-6-18(14)23-2)25(21,22)20-11-3-4-16(13-20)24-15-7-9-19-10-8-15/h5-10,12,16H,3-4,11,13H2,1-2H3/t16-/m0/s1. The SMILES string of the molecule is COc1ccc(S(=O)(=O)N2CCC[C@H](Oc3ccncc3)C2)cc1C. The van der Waals surface area contributed by atoms with Crippen LogP contribution in [0.5, 0.6) is 11.5 Å². The molecule has 3 rings (SSSR count). The molecule has 0 amide bonds. The number of rotatable bonds is 5. The lowest BCUT2D eigenvalue weighted by molar-refractivity contribution is 0.129. The van der Waals surface area contributed by atoms with Crippen molar-refractivity contribution in [3.8, 4) is 11.5 Å². The van der Waals surface area contributed by atoms with Crippen LogP contribution in [0.15, 0.2) is 47.6 Å². The predicted octanol–water partition coefficient (Wildman–Crippen LogP) is 2.63. The first-order chi connectivity index (χ1) is 12.0. The van der Waals surface area contributed by atoms with Crippen LogP contribution in [0, 0.1) is 6.92 Å². The highest BCUT2D eigenvalue weighted by Gasteiger charge is 2.31. The fraction of sp³-hybridized carbons (Fsp3) is 0.389. The Kier molecular flexibility index (Phi) is 5.24. The molecule has 134 valence electrons.